The van der Waals surface area contributed by atoms with Crippen molar-refractivity contribution < 1.29 is 26.2 Å². The van der Waals surface area contributed by atoms with Crippen LogP contribution in [0.15, 0.2) is 58.6 Å². The van der Waals surface area contributed by atoms with Crippen molar-refractivity contribution in [2.75, 3.05) is 13.6 Å². The highest BCUT2D eigenvalue weighted by molar-refractivity contribution is 7.97. The van der Waals surface area contributed by atoms with Gasteiger partial charge in [0.1, 0.15) is 16.8 Å². The molecule has 2 aromatic heterocycles. The zero-order chi connectivity index (χ0) is 27.9. The average Bonchev–Trinajstić information content (AvgIpc) is 3.32. The zero-order valence-electron chi connectivity index (χ0n) is 21.0. The predicted octanol–water partition coefficient (Wildman–Crippen LogP) is 1.99. The lowest BCUT2D eigenvalue weighted by molar-refractivity contribution is 0.0887. The highest BCUT2D eigenvalue weighted by Crippen LogP contribution is 2.40. The standard InChI is InChI=1S/C24H27N5O7S3/c1-27(37-16-7-3-2-4-8-16)24(31)19-11-18-20(12-25-19)26-14-28(23(18)30)15-38(32,33)29-13-22(39(34,35)36)17-9-5-6-10-21(17)29/h2-4,7-8,11-12,14,17,21-22H,5-6,9-10,13,15H2,1H3,(H,34,35,36). The molecule has 2 fully saturated rings. The van der Waals surface area contributed by atoms with E-state index in [0.717, 1.165) is 32.9 Å². The average molecular weight is 594 g/mol. The van der Waals surface area contributed by atoms with Crippen LogP contribution in [-0.4, -0.2) is 75.3 Å². The zero-order valence-corrected chi connectivity index (χ0v) is 23.4. The molecule has 39 heavy (non-hydrogen) atoms. The molecular formula is C24H27N5O7S3. The van der Waals surface area contributed by atoms with Crippen LogP contribution >= 0.6 is 11.9 Å². The Hall–Kier alpha value is -2.85. The maximum Gasteiger partial charge on any atom is 0.282 e. The lowest BCUT2D eigenvalue weighted by Gasteiger charge is -2.31. The van der Waals surface area contributed by atoms with Gasteiger partial charge in [-0.1, -0.05) is 31.0 Å². The van der Waals surface area contributed by atoms with E-state index in [1.807, 2.05) is 30.3 Å². The molecule has 2 aliphatic rings. The van der Waals surface area contributed by atoms with E-state index in [4.69, 9.17) is 0 Å². The lowest BCUT2D eigenvalue weighted by atomic mass is 9.85. The smallest absolute Gasteiger partial charge is 0.282 e. The molecule has 1 aliphatic carbocycles. The van der Waals surface area contributed by atoms with Crippen LogP contribution in [0.3, 0.4) is 0 Å². The maximum absolute atomic E-state index is 13.4. The van der Waals surface area contributed by atoms with Gasteiger partial charge < -0.3 is 0 Å². The van der Waals surface area contributed by atoms with E-state index in [-0.39, 0.29) is 23.1 Å². The second-order valence-corrected chi connectivity index (χ2v) is 14.4. The van der Waals surface area contributed by atoms with Crippen molar-refractivity contribution in [2.45, 2.75) is 47.7 Å². The van der Waals surface area contributed by atoms with Gasteiger partial charge in [0, 0.05) is 24.5 Å². The minimum atomic E-state index is -4.45. The molecule has 1 aliphatic heterocycles. The molecule has 3 aromatic rings. The molecule has 3 unspecified atom stereocenters. The molecule has 1 saturated heterocycles. The van der Waals surface area contributed by atoms with Crippen molar-refractivity contribution in [3.63, 3.8) is 0 Å². The topological polar surface area (TPSA) is 160 Å². The number of pyridine rings is 1. The summed E-state index contributed by atoms with van der Waals surface area (Å²) < 4.78 is 64.0. The van der Waals surface area contributed by atoms with Crippen molar-refractivity contribution in [3.8, 4) is 0 Å². The molecule has 1 N–H and O–H groups in total. The number of fused-ring (bicyclic) bond motifs is 2. The molecule has 3 atom stereocenters. The Balaban J connectivity index is 1.41. The fraction of sp³-hybridized carbons (Fsp3) is 0.417. The van der Waals surface area contributed by atoms with Crippen molar-refractivity contribution in [2.24, 2.45) is 5.92 Å². The van der Waals surface area contributed by atoms with Crippen LogP contribution in [0.2, 0.25) is 0 Å². The first-order valence-electron chi connectivity index (χ1n) is 12.3. The molecule has 208 valence electrons. The third-order valence-corrected chi connectivity index (χ3v) is 11.2. The molecule has 0 spiro atoms. The number of rotatable bonds is 7. The second-order valence-electron chi connectivity index (χ2n) is 9.69. The van der Waals surface area contributed by atoms with Gasteiger partial charge in [0.2, 0.25) is 10.0 Å². The Bertz CT molecular complexity index is 1680. The highest BCUT2D eigenvalue weighted by Gasteiger charge is 2.52. The third-order valence-electron chi connectivity index (χ3n) is 7.23. The van der Waals surface area contributed by atoms with Crippen LogP contribution < -0.4 is 5.56 Å². The van der Waals surface area contributed by atoms with Crippen LogP contribution in [0, 0.1) is 5.92 Å². The second kappa shape index (κ2) is 10.6. The summed E-state index contributed by atoms with van der Waals surface area (Å²) in [6, 6.07) is 9.97. The number of amides is 1. The van der Waals surface area contributed by atoms with Gasteiger partial charge in [-0.3, -0.25) is 23.0 Å². The predicted molar refractivity (Wildman–Crippen MR) is 145 cm³/mol. The minimum absolute atomic E-state index is 0.00600. The van der Waals surface area contributed by atoms with Gasteiger partial charge >= 0.3 is 0 Å². The number of hydrogen-bond acceptors (Lipinski definition) is 9. The number of benzene rings is 1. The quantitative estimate of drug-likeness (QED) is 0.317. The summed E-state index contributed by atoms with van der Waals surface area (Å²) >= 11 is 1.19. The summed E-state index contributed by atoms with van der Waals surface area (Å²) in [6.07, 6.45) is 4.85. The van der Waals surface area contributed by atoms with Gasteiger partial charge in [-0.25, -0.2) is 18.4 Å². The van der Waals surface area contributed by atoms with Gasteiger partial charge in [0.15, 0.2) is 0 Å². The summed E-state index contributed by atoms with van der Waals surface area (Å²) in [4.78, 5) is 35.4. The minimum Gasteiger partial charge on any atom is -0.285 e. The van der Waals surface area contributed by atoms with E-state index in [1.54, 1.807) is 7.05 Å². The van der Waals surface area contributed by atoms with Crippen molar-refractivity contribution in [1.82, 2.24) is 23.1 Å². The van der Waals surface area contributed by atoms with Crippen LogP contribution in [-0.2, 0) is 26.0 Å². The largest absolute Gasteiger partial charge is 0.285 e. The Kier molecular flexibility index (Phi) is 7.54. The molecule has 1 aromatic carbocycles. The Morgan fingerprint density at radius 1 is 1.13 bits per heavy atom. The first kappa shape index (κ1) is 27.7. The van der Waals surface area contributed by atoms with Gasteiger partial charge in [-0.2, -0.15) is 12.7 Å². The third kappa shape index (κ3) is 5.59. The number of aromatic nitrogens is 3. The van der Waals surface area contributed by atoms with E-state index < -0.39 is 54.7 Å². The monoisotopic (exact) mass is 593 g/mol. The number of hydrogen-bond donors (Lipinski definition) is 1. The molecule has 1 amide bonds. The molecule has 0 radical (unpaired) electrons. The van der Waals surface area contributed by atoms with E-state index in [2.05, 4.69) is 9.97 Å². The first-order valence-corrected chi connectivity index (χ1v) is 16.2. The molecule has 5 rings (SSSR count). The number of sulfonamides is 1. The Morgan fingerprint density at radius 2 is 1.85 bits per heavy atom. The van der Waals surface area contributed by atoms with Crippen LogP contribution in [0.25, 0.3) is 10.9 Å². The van der Waals surface area contributed by atoms with E-state index in [0.29, 0.717) is 12.8 Å². The van der Waals surface area contributed by atoms with E-state index in [1.165, 1.54) is 28.5 Å². The summed E-state index contributed by atoms with van der Waals surface area (Å²) in [7, 11) is -7.03. The van der Waals surface area contributed by atoms with Crippen LogP contribution in [0.5, 0.6) is 0 Å². The molecule has 0 bridgehead atoms. The molecule has 3 heterocycles. The number of carbonyl (C=O) groups is 1. The first-order chi connectivity index (χ1) is 18.5. The molecule has 15 heteroatoms. The number of nitrogens with zero attached hydrogens (tertiary/aromatic N) is 5. The van der Waals surface area contributed by atoms with E-state index >= 15 is 0 Å². The van der Waals surface area contributed by atoms with Crippen molar-refractivity contribution in [3.05, 3.63) is 65.0 Å². The van der Waals surface area contributed by atoms with E-state index in [9.17, 15) is 31.0 Å². The van der Waals surface area contributed by atoms with Gasteiger partial charge in [0.25, 0.3) is 21.6 Å². The lowest BCUT2D eigenvalue weighted by Crippen LogP contribution is -2.42. The summed E-state index contributed by atoms with van der Waals surface area (Å²) in [5, 5.41) is -1.17. The van der Waals surface area contributed by atoms with Gasteiger partial charge in [-0.05, 0) is 48.9 Å². The summed E-state index contributed by atoms with van der Waals surface area (Å²) in [5.41, 5.74) is -0.485. The van der Waals surface area contributed by atoms with Gasteiger partial charge in [0.05, 0.1) is 23.4 Å². The fourth-order valence-electron chi connectivity index (χ4n) is 5.38. The van der Waals surface area contributed by atoms with Crippen molar-refractivity contribution in [1.29, 1.82) is 0 Å². The normalized spacial score (nSPS) is 22.1. The molecule has 12 nitrogen and oxygen atoms in total. The summed E-state index contributed by atoms with van der Waals surface area (Å²) in [5.74, 6) is -1.71. The van der Waals surface area contributed by atoms with Gasteiger partial charge in [-0.15, -0.1) is 0 Å². The van der Waals surface area contributed by atoms with Crippen LogP contribution in [0.1, 0.15) is 36.2 Å². The Labute approximate surface area is 230 Å². The fourth-order valence-corrected chi connectivity index (χ4v) is 9.10. The highest BCUT2D eigenvalue weighted by atomic mass is 32.2. The SMILES string of the molecule is CN(Sc1ccccc1)C(=O)c1cc2c(=O)n(CS(=O)(=O)N3CC(S(=O)(=O)O)C4CCCCC43)cnc2cn1. The van der Waals surface area contributed by atoms with Crippen LogP contribution in [0.4, 0.5) is 0 Å². The summed E-state index contributed by atoms with van der Waals surface area (Å²) in [6.45, 7) is -0.361. The number of carbonyl (C=O) groups excluding carboxylic acids is 1. The van der Waals surface area contributed by atoms with Crippen molar-refractivity contribution >= 4 is 48.9 Å². The molecule has 1 saturated carbocycles. The Morgan fingerprint density at radius 3 is 2.56 bits per heavy atom. The maximum atomic E-state index is 13.4. The molecular weight excluding hydrogens is 566 g/mol.